The Morgan fingerprint density at radius 3 is 1.50 bits per heavy atom. The van der Waals surface area contributed by atoms with Crippen molar-refractivity contribution in [3.63, 3.8) is 0 Å². The molecule has 0 heterocycles. The van der Waals surface area contributed by atoms with Crippen LogP contribution in [0.1, 0.15) is 74.1 Å². The van der Waals surface area contributed by atoms with Crippen LogP contribution < -0.4 is 20.1 Å². The Hall–Kier alpha value is -2.06. The Bertz CT molecular complexity index is 944. The van der Waals surface area contributed by atoms with Gasteiger partial charge in [0.05, 0.1) is 23.3 Å². The molecule has 0 radical (unpaired) electrons. The van der Waals surface area contributed by atoms with Gasteiger partial charge >= 0.3 is 0 Å². The molecule has 0 aromatic heterocycles. The van der Waals surface area contributed by atoms with E-state index in [0.717, 1.165) is 34.6 Å². The van der Waals surface area contributed by atoms with E-state index in [9.17, 15) is 9.59 Å². The average molecular weight is 596 g/mol. The maximum absolute atomic E-state index is 13.2. The van der Waals surface area contributed by atoms with Gasteiger partial charge in [-0.3, -0.25) is 9.59 Å². The lowest BCUT2D eigenvalue weighted by atomic mass is 9.89. The number of hydrogen-bond acceptors (Lipinski definition) is 4. The summed E-state index contributed by atoms with van der Waals surface area (Å²) in [5, 5.41) is 6.29. The van der Waals surface area contributed by atoms with E-state index in [-0.39, 0.29) is 36.1 Å². The molecule has 2 aromatic carbocycles. The lowest BCUT2D eigenvalue weighted by molar-refractivity contribution is 0.0856. The van der Waals surface area contributed by atoms with E-state index in [1.807, 2.05) is 39.8 Å². The number of amides is 2. The first-order valence-corrected chi connectivity index (χ1v) is 13.3. The summed E-state index contributed by atoms with van der Waals surface area (Å²) in [4.78, 5) is 26.5. The van der Waals surface area contributed by atoms with E-state index >= 15 is 0 Å². The molecule has 1 fully saturated rings. The average Bonchev–Trinajstić information content (AvgIpc) is 2.76. The molecule has 34 heavy (non-hydrogen) atoms. The van der Waals surface area contributed by atoms with Gasteiger partial charge in [-0.05, 0) is 76.9 Å². The van der Waals surface area contributed by atoms with Crippen molar-refractivity contribution in [2.24, 2.45) is 0 Å². The SMILES string of the molecule is CC(C)Oc1ccc(Br)cc1C(=O)NC1CCCCC1NC(=O)c1cc(Br)ccc1OC(C)C. The minimum absolute atomic E-state index is 0.0538. The van der Waals surface area contributed by atoms with E-state index in [2.05, 4.69) is 42.5 Å². The van der Waals surface area contributed by atoms with Crippen LogP contribution in [0.5, 0.6) is 11.5 Å². The summed E-state index contributed by atoms with van der Waals surface area (Å²) < 4.78 is 13.3. The lowest BCUT2D eigenvalue weighted by Crippen LogP contribution is -2.53. The molecule has 0 spiro atoms. The number of hydrogen-bond donors (Lipinski definition) is 2. The predicted molar refractivity (Wildman–Crippen MR) is 141 cm³/mol. The van der Waals surface area contributed by atoms with Crippen molar-refractivity contribution >= 4 is 43.7 Å². The Morgan fingerprint density at radius 1 is 0.765 bits per heavy atom. The first-order valence-electron chi connectivity index (χ1n) is 11.7. The summed E-state index contributed by atoms with van der Waals surface area (Å²) >= 11 is 6.90. The van der Waals surface area contributed by atoms with Crippen LogP contribution in [0.15, 0.2) is 45.3 Å². The number of carbonyl (C=O) groups excluding carboxylic acids is 2. The standard InChI is InChI=1S/C26H32Br2N2O4/c1-15(2)33-23-11-9-17(27)13-19(23)25(31)29-21-7-5-6-8-22(21)30-26(32)20-14-18(28)10-12-24(20)34-16(3)4/h9-16,21-22H,5-8H2,1-4H3,(H,29,31)(H,30,32). The summed E-state index contributed by atoms with van der Waals surface area (Å²) in [5.74, 6) is 0.650. The van der Waals surface area contributed by atoms with Gasteiger partial charge in [0.2, 0.25) is 0 Å². The number of ether oxygens (including phenoxy) is 2. The molecule has 3 rings (SSSR count). The van der Waals surface area contributed by atoms with E-state index in [0.29, 0.717) is 22.6 Å². The van der Waals surface area contributed by atoms with Crippen molar-refractivity contribution in [3.05, 3.63) is 56.5 Å². The van der Waals surface area contributed by atoms with Crippen LogP contribution in [0.4, 0.5) is 0 Å². The highest BCUT2D eigenvalue weighted by atomic mass is 79.9. The number of nitrogens with one attached hydrogen (secondary N) is 2. The molecule has 2 aromatic rings. The fraction of sp³-hybridized carbons (Fsp3) is 0.462. The maximum Gasteiger partial charge on any atom is 0.255 e. The van der Waals surface area contributed by atoms with Crippen molar-refractivity contribution in [1.82, 2.24) is 10.6 Å². The number of halogens is 2. The fourth-order valence-electron chi connectivity index (χ4n) is 4.04. The second-order valence-electron chi connectivity index (χ2n) is 9.06. The largest absolute Gasteiger partial charge is 0.490 e. The zero-order chi connectivity index (χ0) is 24.8. The zero-order valence-electron chi connectivity index (χ0n) is 20.0. The van der Waals surface area contributed by atoms with Crippen molar-refractivity contribution in [3.8, 4) is 11.5 Å². The van der Waals surface area contributed by atoms with Gasteiger partial charge in [-0.15, -0.1) is 0 Å². The topological polar surface area (TPSA) is 76.7 Å². The smallest absolute Gasteiger partial charge is 0.255 e. The summed E-state index contributed by atoms with van der Waals surface area (Å²) in [6, 6.07) is 10.5. The van der Waals surface area contributed by atoms with Crippen LogP contribution in [-0.2, 0) is 0 Å². The van der Waals surface area contributed by atoms with Crippen molar-refractivity contribution in [2.45, 2.75) is 77.7 Å². The van der Waals surface area contributed by atoms with Crippen LogP contribution in [0.2, 0.25) is 0 Å². The van der Waals surface area contributed by atoms with Crippen LogP contribution >= 0.6 is 31.9 Å². The van der Waals surface area contributed by atoms with E-state index in [1.165, 1.54) is 0 Å². The Labute approximate surface area is 218 Å². The molecule has 2 atom stereocenters. The molecular formula is C26H32Br2N2O4. The van der Waals surface area contributed by atoms with Crippen LogP contribution in [0, 0.1) is 0 Å². The highest BCUT2D eigenvalue weighted by molar-refractivity contribution is 9.10. The number of benzene rings is 2. The molecule has 0 bridgehead atoms. The molecule has 1 aliphatic carbocycles. The van der Waals surface area contributed by atoms with Gasteiger partial charge in [-0.25, -0.2) is 0 Å². The van der Waals surface area contributed by atoms with Crippen molar-refractivity contribution in [1.29, 1.82) is 0 Å². The lowest BCUT2D eigenvalue weighted by Gasteiger charge is -2.33. The van der Waals surface area contributed by atoms with Crippen molar-refractivity contribution < 1.29 is 19.1 Å². The second-order valence-corrected chi connectivity index (χ2v) is 10.9. The van der Waals surface area contributed by atoms with Gasteiger partial charge in [0.25, 0.3) is 11.8 Å². The van der Waals surface area contributed by atoms with Crippen LogP contribution in [-0.4, -0.2) is 36.1 Å². The molecule has 0 aliphatic heterocycles. The van der Waals surface area contributed by atoms with E-state index in [4.69, 9.17) is 9.47 Å². The summed E-state index contributed by atoms with van der Waals surface area (Å²) in [6.07, 6.45) is 3.45. The van der Waals surface area contributed by atoms with E-state index < -0.39 is 0 Å². The highest BCUT2D eigenvalue weighted by Crippen LogP contribution is 2.27. The summed E-state index contributed by atoms with van der Waals surface area (Å²) in [6.45, 7) is 7.70. The minimum atomic E-state index is -0.214. The molecule has 0 saturated heterocycles. The molecule has 8 heteroatoms. The first-order chi connectivity index (χ1) is 16.1. The quantitative estimate of drug-likeness (QED) is 0.378. The maximum atomic E-state index is 13.2. The molecule has 2 unspecified atom stereocenters. The Kier molecular flexibility index (Phi) is 9.42. The second kappa shape index (κ2) is 12.1. The molecular weight excluding hydrogens is 564 g/mol. The normalized spacial score (nSPS) is 18.0. The highest BCUT2D eigenvalue weighted by Gasteiger charge is 2.30. The molecule has 184 valence electrons. The van der Waals surface area contributed by atoms with Gasteiger partial charge in [0.1, 0.15) is 11.5 Å². The van der Waals surface area contributed by atoms with Gasteiger partial charge in [0.15, 0.2) is 0 Å². The third kappa shape index (κ3) is 7.22. The van der Waals surface area contributed by atoms with Gasteiger partial charge in [-0.2, -0.15) is 0 Å². The third-order valence-corrected chi connectivity index (χ3v) is 6.48. The molecule has 2 N–H and O–H groups in total. The first kappa shape index (κ1) is 26.5. The van der Waals surface area contributed by atoms with E-state index in [1.54, 1.807) is 24.3 Å². The number of rotatable bonds is 8. The summed E-state index contributed by atoms with van der Waals surface area (Å²) in [5.41, 5.74) is 0.941. The Morgan fingerprint density at radius 2 is 1.15 bits per heavy atom. The monoisotopic (exact) mass is 594 g/mol. The van der Waals surface area contributed by atoms with Gasteiger partial charge < -0.3 is 20.1 Å². The summed E-state index contributed by atoms with van der Waals surface area (Å²) in [7, 11) is 0. The molecule has 2 amide bonds. The predicted octanol–water partition coefficient (Wildman–Crippen LogP) is 6.26. The molecule has 1 aliphatic rings. The third-order valence-electron chi connectivity index (χ3n) is 5.50. The fourth-order valence-corrected chi connectivity index (χ4v) is 4.76. The minimum Gasteiger partial charge on any atom is -0.490 e. The molecule has 6 nitrogen and oxygen atoms in total. The van der Waals surface area contributed by atoms with Crippen LogP contribution in [0.25, 0.3) is 0 Å². The van der Waals surface area contributed by atoms with Crippen molar-refractivity contribution in [2.75, 3.05) is 0 Å². The zero-order valence-corrected chi connectivity index (χ0v) is 23.2. The van der Waals surface area contributed by atoms with Gasteiger partial charge in [0, 0.05) is 21.0 Å². The number of carbonyl (C=O) groups is 2. The molecule has 1 saturated carbocycles. The van der Waals surface area contributed by atoms with Crippen LogP contribution in [0.3, 0.4) is 0 Å². The Balaban J connectivity index is 1.77. The van der Waals surface area contributed by atoms with Gasteiger partial charge in [-0.1, -0.05) is 44.7 Å².